The highest BCUT2D eigenvalue weighted by Crippen LogP contribution is 2.30. The number of carbonyl (C=O) groups excluding carboxylic acids is 1. The maximum Gasteiger partial charge on any atom is 0.313 e. The van der Waals surface area contributed by atoms with Gasteiger partial charge in [-0.2, -0.15) is 5.26 Å². The predicted molar refractivity (Wildman–Crippen MR) is 83.7 cm³/mol. The number of methoxy groups -OCH3 is 1. The second kappa shape index (κ2) is 6.84. The normalized spacial score (nSPS) is 12.0. The minimum Gasteiger partial charge on any atom is -0.469 e. The van der Waals surface area contributed by atoms with Gasteiger partial charge in [-0.3, -0.25) is 9.78 Å². The number of carbonyl (C=O) groups is 1. The number of halogens is 2. The van der Waals surface area contributed by atoms with Crippen LogP contribution in [0.15, 0.2) is 22.7 Å². The predicted octanol–water partition coefficient (Wildman–Crippen LogP) is 4.01. The van der Waals surface area contributed by atoms with E-state index in [0.717, 1.165) is 0 Å². The Morgan fingerprint density at radius 1 is 1.50 bits per heavy atom. The SMILES string of the molecule is COC(=O)C(CCC#N)c1cc2c(F)cc(Br)cc2nc1C. The van der Waals surface area contributed by atoms with Crippen LogP contribution in [0.5, 0.6) is 0 Å². The molecule has 0 radical (unpaired) electrons. The molecule has 0 aliphatic heterocycles. The van der Waals surface area contributed by atoms with Crippen LogP contribution in [-0.4, -0.2) is 18.1 Å². The molecule has 0 spiro atoms. The van der Waals surface area contributed by atoms with Gasteiger partial charge in [-0.1, -0.05) is 15.9 Å². The Bertz CT molecular complexity index is 771. The molecule has 0 aliphatic carbocycles. The fourth-order valence-electron chi connectivity index (χ4n) is 2.42. The maximum atomic E-state index is 14.1. The van der Waals surface area contributed by atoms with Crippen molar-refractivity contribution in [2.24, 2.45) is 0 Å². The number of aryl methyl sites for hydroxylation is 1. The largest absolute Gasteiger partial charge is 0.469 e. The van der Waals surface area contributed by atoms with Crippen LogP contribution in [0.25, 0.3) is 10.9 Å². The van der Waals surface area contributed by atoms with E-state index in [9.17, 15) is 9.18 Å². The molecule has 1 aromatic heterocycles. The average Bonchev–Trinajstić information content (AvgIpc) is 2.47. The van der Waals surface area contributed by atoms with Crippen LogP contribution in [-0.2, 0) is 9.53 Å². The molecule has 1 aromatic carbocycles. The zero-order chi connectivity index (χ0) is 16.3. The molecule has 0 saturated carbocycles. The lowest BCUT2D eigenvalue weighted by Gasteiger charge is -2.16. The lowest BCUT2D eigenvalue weighted by Crippen LogP contribution is -2.16. The third-order valence-corrected chi connectivity index (χ3v) is 3.94. The number of hydrogen-bond acceptors (Lipinski definition) is 4. The molecule has 0 amide bonds. The van der Waals surface area contributed by atoms with Crippen molar-refractivity contribution >= 4 is 32.8 Å². The van der Waals surface area contributed by atoms with E-state index in [1.807, 2.05) is 6.07 Å². The van der Waals surface area contributed by atoms with E-state index in [0.29, 0.717) is 33.1 Å². The van der Waals surface area contributed by atoms with Crippen molar-refractivity contribution in [3.8, 4) is 6.07 Å². The Kier molecular flexibility index (Phi) is 5.09. The summed E-state index contributed by atoms with van der Waals surface area (Å²) in [6.07, 6.45) is 0.523. The molecule has 0 aliphatic rings. The van der Waals surface area contributed by atoms with Crippen molar-refractivity contribution in [2.45, 2.75) is 25.7 Å². The highest BCUT2D eigenvalue weighted by atomic mass is 79.9. The van der Waals surface area contributed by atoms with Crippen LogP contribution in [0, 0.1) is 24.1 Å². The molecular weight excluding hydrogens is 351 g/mol. The molecule has 22 heavy (non-hydrogen) atoms. The second-order valence-corrected chi connectivity index (χ2v) is 5.81. The molecule has 6 heteroatoms. The van der Waals surface area contributed by atoms with Gasteiger partial charge in [0, 0.05) is 22.0 Å². The summed E-state index contributed by atoms with van der Waals surface area (Å²) in [7, 11) is 1.29. The van der Waals surface area contributed by atoms with E-state index in [1.54, 1.807) is 19.1 Å². The van der Waals surface area contributed by atoms with Gasteiger partial charge in [0.25, 0.3) is 0 Å². The molecule has 4 nitrogen and oxygen atoms in total. The minimum absolute atomic E-state index is 0.208. The second-order valence-electron chi connectivity index (χ2n) is 4.89. The first-order valence-electron chi connectivity index (χ1n) is 6.69. The Morgan fingerprint density at radius 3 is 2.86 bits per heavy atom. The van der Waals surface area contributed by atoms with Crippen molar-refractivity contribution in [3.63, 3.8) is 0 Å². The number of rotatable bonds is 4. The summed E-state index contributed by atoms with van der Waals surface area (Å²) in [6, 6.07) is 6.71. The van der Waals surface area contributed by atoms with E-state index in [4.69, 9.17) is 10.00 Å². The van der Waals surface area contributed by atoms with Gasteiger partial charge in [-0.25, -0.2) is 4.39 Å². The van der Waals surface area contributed by atoms with Gasteiger partial charge < -0.3 is 4.74 Å². The fourth-order valence-corrected chi connectivity index (χ4v) is 2.83. The van der Waals surface area contributed by atoms with Crippen molar-refractivity contribution in [1.82, 2.24) is 4.98 Å². The number of nitriles is 1. The van der Waals surface area contributed by atoms with Gasteiger partial charge >= 0.3 is 5.97 Å². The van der Waals surface area contributed by atoms with E-state index in [1.165, 1.54) is 13.2 Å². The number of hydrogen-bond donors (Lipinski definition) is 0. The molecule has 1 unspecified atom stereocenters. The number of esters is 1. The molecule has 0 N–H and O–H groups in total. The van der Waals surface area contributed by atoms with Gasteiger partial charge in [0.1, 0.15) is 5.82 Å². The first-order valence-corrected chi connectivity index (χ1v) is 7.48. The van der Waals surface area contributed by atoms with Crippen molar-refractivity contribution in [2.75, 3.05) is 7.11 Å². The number of pyridine rings is 1. The van der Waals surface area contributed by atoms with Crippen molar-refractivity contribution in [1.29, 1.82) is 5.26 Å². The average molecular weight is 365 g/mol. The number of aromatic nitrogens is 1. The van der Waals surface area contributed by atoms with Crippen LogP contribution in [0.4, 0.5) is 4.39 Å². The summed E-state index contributed by atoms with van der Waals surface area (Å²) < 4.78 is 19.5. The van der Waals surface area contributed by atoms with E-state index < -0.39 is 17.7 Å². The Labute approximate surface area is 136 Å². The molecule has 2 rings (SSSR count). The van der Waals surface area contributed by atoms with Crippen molar-refractivity contribution in [3.05, 3.63) is 39.7 Å². The Balaban J connectivity index is 2.59. The van der Waals surface area contributed by atoms with Crippen LogP contribution < -0.4 is 0 Å². The summed E-state index contributed by atoms with van der Waals surface area (Å²) in [5, 5.41) is 9.09. The minimum atomic E-state index is -0.621. The molecule has 0 saturated heterocycles. The molecule has 1 heterocycles. The molecule has 114 valence electrons. The smallest absolute Gasteiger partial charge is 0.313 e. The highest BCUT2D eigenvalue weighted by Gasteiger charge is 2.24. The Hall–Kier alpha value is -2.00. The summed E-state index contributed by atoms with van der Waals surface area (Å²) in [4.78, 5) is 16.4. The summed E-state index contributed by atoms with van der Waals surface area (Å²) >= 11 is 3.23. The van der Waals surface area contributed by atoms with Gasteiger partial charge in [0.05, 0.1) is 24.6 Å². The summed E-state index contributed by atoms with van der Waals surface area (Å²) in [5.74, 6) is -1.48. The lowest BCUT2D eigenvalue weighted by atomic mass is 9.92. The quantitative estimate of drug-likeness (QED) is 0.769. The van der Waals surface area contributed by atoms with Gasteiger partial charge in [-0.05, 0) is 37.1 Å². The van der Waals surface area contributed by atoms with Gasteiger partial charge in [-0.15, -0.1) is 0 Å². The molecule has 1 atom stereocenters. The lowest BCUT2D eigenvalue weighted by molar-refractivity contribution is -0.142. The van der Waals surface area contributed by atoms with Crippen LogP contribution in [0.2, 0.25) is 0 Å². The summed E-state index contributed by atoms with van der Waals surface area (Å²) in [5.41, 5.74) is 1.73. The zero-order valence-electron chi connectivity index (χ0n) is 12.2. The third-order valence-electron chi connectivity index (χ3n) is 3.48. The first-order chi connectivity index (χ1) is 10.5. The van der Waals surface area contributed by atoms with Gasteiger partial charge in [0.2, 0.25) is 0 Å². The van der Waals surface area contributed by atoms with Gasteiger partial charge in [0.15, 0.2) is 0 Å². The monoisotopic (exact) mass is 364 g/mol. The molecule has 0 fully saturated rings. The first kappa shape index (κ1) is 16.4. The summed E-state index contributed by atoms with van der Waals surface area (Å²) in [6.45, 7) is 1.76. The number of benzene rings is 1. The third kappa shape index (κ3) is 3.25. The van der Waals surface area contributed by atoms with Crippen LogP contribution in [0.3, 0.4) is 0 Å². The van der Waals surface area contributed by atoms with E-state index in [2.05, 4.69) is 20.9 Å². The van der Waals surface area contributed by atoms with Crippen LogP contribution in [0.1, 0.15) is 30.0 Å². The maximum absolute atomic E-state index is 14.1. The number of ether oxygens (including phenoxy) is 1. The number of nitrogens with zero attached hydrogens (tertiary/aromatic N) is 2. The molecular formula is C16H14BrFN2O2. The number of fused-ring (bicyclic) bond motifs is 1. The highest BCUT2D eigenvalue weighted by molar-refractivity contribution is 9.10. The molecule has 2 aromatic rings. The van der Waals surface area contributed by atoms with Crippen LogP contribution >= 0.6 is 15.9 Å². The molecule has 0 bridgehead atoms. The Morgan fingerprint density at radius 2 is 2.23 bits per heavy atom. The van der Waals surface area contributed by atoms with E-state index >= 15 is 0 Å². The standard InChI is InChI=1S/C16H14BrFN2O2/c1-9-12(11(4-3-5-19)16(21)22-2)8-13-14(18)6-10(17)7-15(13)20-9/h6-8,11H,3-4H2,1-2H3. The topological polar surface area (TPSA) is 63.0 Å². The van der Waals surface area contributed by atoms with Crippen molar-refractivity contribution < 1.29 is 13.9 Å². The zero-order valence-corrected chi connectivity index (χ0v) is 13.8. The fraction of sp³-hybridized carbons (Fsp3) is 0.312. The van der Waals surface area contributed by atoms with E-state index in [-0.39, 0.29) is 6.42 Å².